The first-order valence-corrected chi connectivity index (χ1v) is 12.1. The van der Waals surface area contributed by atoms with Crippen molar-refractivity contribution in [2.45, 2.75) is 76.6 Å². The molecule has 3 amide bonds. The molecule has 14 nitrogen and oxygen atoms in total. The molecule has 214 valence electrons. The lowest BCUT2D eigenvalue weighted by molar-refractivity contribution is -0.147. The molecule has 6 N–H and O–H groups in total. The summed E-state index contributed by atoms with van der Waals surface area (Å²) in [7, 11) is 0. The number of carboxylic acids is 3. The minimum Gasteiger partial charge on any atom is -0.481 e. The van der Waals surface area contributed by atoms with E-state index in [4.69, 9.17) is 20.1 Å². The van der Waals surface area contributed by atoms with Crippen molar-refractivity contribution in [2.75, 3.05) is 0 Å². The van der Waals surface area contributed by atoms with Gasteiger partial charge in [-0.05, 0) is 31.7 Å². The van der Waals surface area contributed by atoms with Crippen molar-refractivity contribution >= 4 is 41.6 Å². The Kier molecular flexibility index (Phi) is 14.3. The minimum atomic E-state index is -1.80. The zero-order valence-corrected chi connectivity index (χ0v) is 21.4. The highest BCUT2D eigenvalue weighted by Crippen LogP contribution is 2.06. The van der Waals surface area contributed by atoms with Gasteiger partial charge in [0.15, 0.2) is 0 Å². The van der Waals surface area contributed by atoms with Crippen LogP contribution in [-0.4, -0.2) is 75.0 Å². The SMILES string of the molecule is C[C@H](NC(=O)CCCCC(=O)OCc1ccccc1)C(=O)N[C@@H](CCC(=O)O)C(=O)N[C@@H](CC(=O)O)C(=O)O. The van der Waals surface area contributed by atoms with Crippen LogP contribution in [0.5, 0.6) is 0 Å². The van der Waals surface area contributed by atoms with Crippen molar-refractivity contribution in [3.05, 3.63) is 35.9 Å². The van der Waals surface area contributed by atoms with Crippen molar-refractivity contribution in [1.82, 2.24) is 16.0 Å². The van der Waals surface area contributed by atoms with Crippen LogP contribution in [-0.2, 0) is 44.9 Å². The number of ether oxygens (including phenoxy) is 1. The molecular formula is C25H33N3O11. The number of carbonyl (C=O) groups is 7. The van der Waals surface area contributed by atoms with Crippen LogP contribution < -0.4 is 16.0 Å². The molecule has 0 aliphatic rings. The van der Waals surface area contributed by atoms with Crippen molar-refractivity contribution in [3.8, 4) is 0 Å². The fraction of sp³-hybridized carbons (Fsp3) is 0.480. The normalized spacial score (nSPS) is 12.7. The van der Waals surface area contributed by atoms with Gasteiger partial charge in [0.2, 0.25) is 17.7 Å². The first-order valence-electron chi connectivity index (χ1n) is 12.1. The zero-order chi connectivity index (χ0) is 29.4. The Bertz CT molecular complexity index is 1030. The monoisotopic (exact) mass is 551 g/mol. The standard InChI is InChI=1S/C25H33N3O11/c1-15(26-19(29)9-5-6-10-22(34)39-14-16-7-3-2-4-8-16)23(35)27-17(11-12-20(30)31)24(36)28-18(25(37)38)13-21(32)33/h2-4,7-8,15,17-18H,5-6,9-14H2,1H3,(H,26,29)(H,27,35)(H,28,36)(H,30,31)(H,32,33)(H,37,38)/t15-,17-,18-/m0/s1. The van der Waals surface area contributed by atoms with Crippen LogP contribution in [0.15, 0.2) is 30.3 Å². The minimum absolute atomic E-state index is 0.00198. The molecule has 0 heterocycles. The lowest BCUT2D eigenvalue weighted by atomic mass is 10.1. The van der Waals surface area contributed by atoms with Gasteiger partial charge in [-0.15, -0.1) is 0 Å². The number of aliphatic carboxylic acids is 3. The average Bonchev–Trinajstić information content (AvgIpc) is 2.87. The highest BCUT2D eigenvalue weighted by atomic mass is 16.5. The summed E-state index contributed by atoms with van der Waals surface area (Å²) in [6.45, 7) is 1.47. The summed E-state index contributed by atoms with van der Waals surface area (Å²) in [5.41, 5.74) is 0.849. The number of unbranched alkanes of at least 4 members (excludes halogenated alkanes) is 1. The molecule has 0 aromatic heterocycles. The van der Waals surface area contributed by atoms with E-state index < -0.39 is 79.0 Å². The van der Waals surface area contributed by atoms with E-state index in [0.717, 1.165) is 5.56 Å². The highest BCUT2D eigenvalue weighted by Gasteiger charge is 2.29. The zero-order valence-electron chi connectivity index (χ0n) is 21.4. The number of benzene rings is 1. The Morgan fingerprint density at radius 1 is 0.769 bits per heavy atom. The van der Waals surface area contributed by atoms with Crippen molar-refractivity contribution in [2.24, 2.45) is 0 Å². The second kappa shape index (κ2) is 17.1. The average molecular weight is 552 g/mol. The fourth-order valence-electron chi connectivity index (χ4n) is 3.22. The predicted octanol–water partition coefficient (Wildman–Crippen LogP) is 0.189. The molecule has 0 aliphatic heterocycles. The molecule has 1 rings (SSSR count). The van der Waals surface area contributed by atoms with Gasteiger partial charge in [0.25, 0.3) is 0 Å². The second-order valence-electron chi connectivity index (χ2n) is 8.63. The third-order valence-corrected chi connectivity index (χ3v) is 5.32. The van der Waals surface area contributed by atoms with E-state index in [1.165, 1.54) is 6.92 Å². The lowest BCUT2D eigenvalue weighted by Gasteiger charge is -2.22. The van der Waals surface area contributed by atoms with Gasteiger partial charge in [-0.2, -0.15) is 0 Å². The second-order valence-corrected chi connectivity index (χ2v) is 8.63. The Balaban J connectivity index is 2.51. The van der Waals surface area contributed by atoms with E-state index in [9.17, 15) is 33.6 Å². The number of hydrogen-bond acceptors (Lipinski definition) is 8. The first-order chi connectivity index (χ1) is 18.4. The number of hydrogen-bond donors (Lipinski definition) is 6. The van der Waals surface area contributed by atoms with E-state index in [-0.39, 0.29) is 19.4 Å². The van der Waals surface area contributed by atoms with Crippen LogP contribution >= 0.6 is 0 Å². The Labute approximate surface area is 224 Å². The molecule has 0 radical (unpaired) electrons. The molecule has 1 aromatic carbocycles. The van der Waals surface area contributed by atoms with E-state index in [1.807, 2.05) is 35.6 Å². The molecule has 0 aliphatic carbocycles. The third kappa shape index (κ3) is 14.1. The maximum Gasteiger partial charge on any atom is 0.326 e. The van der Waals surface area contributed by atoms with Crippen LogP contribution in [0.25, 0.3) is 0 Å². The van der Waals surface area contributed by atoms with E-state index >= 15 is 0 Å². The fourth-order valence-corrected chi connectivity index (χ4v) is 3.22. The van der Waals surface area contributed by atoms with Crippen LogP contribution in [0.3, 0.4) is 0 Å². The third-order valence-electron chi connectivity index (χ3n) is 5.32. The molecule has 3 atom stereocenters. The summed E-state index contributed by atoms with van der Waals surface area (Å²) in [5.74, 6) is -7.25. The molecule has 0 fully saturated rings. The maximum absolute atomic E-state index is 12.5. The number of amides is 3. The molecule has 0 bridgehead atoms. The summed E-state index contributed by atoms with van der Waals surface area (Å²) in [6.07, 6.45) is -1.07. The van der Waals surface area contributed by atoms with Crippen LogP contribution in [0.4, 0.5) is 0 Å². The Hall–Kier alpha value is -4.49. The van der Waals surface area contributed by atoms with Crippen LogP contribution in [0, 0.1) is 0 Å². The number of nitrogens with one attached hydrogen (secondary N) is 3. The van der Waals surface area contributed by atoms with Gasteiger partial charge in [0.05, 0.1) is 6.42 Å². The highest BCUT2D eigenvalue weighted by molar-refractivity contribution is 5.94. The molecule has 39 heavy (non-hydrogen) atoms. The van der Waals surface area contributed by atoms with E-state index in [1.54, 1.807) is 0 Å². The summed E-state index contributed by atoms with van der Waals surface area (Å²) >= 11 is 0. The van der Waals surface area contributed by atoms with Gasteiger partial charge in [0.1, 0.15) is 24.7 Å². The smallest absolute Gasteiger partial charge is 0.326 e. The predicted molar refractivity (Wildman–Crippen MR) is 133 cm³/mol. The van der Waals surface area contributed by atoms with Gasteiger partial charge in [0, 0.05) is 19.3 Å². The summed E-state index contributed by atoms with van der Waals surface area (Å²) in [4.78, 5) is 82.0. The molecule has 0 spiro atoms. The molecule has 1 aromatic rings. The Morgan fingerprint density at radius 2 is 1.38 bits per heavy atom. The van der Waals surface area contributed by atoms with Gasteiger partial charge in [-0.25, -0.2) is 4.79 Å². The molecule has 0 saturated heterocycles. The first kappa shape index (κ1) is 32.5. The molecule has 14 heteroatoms. The van der Waals surface area contributed by atoms with Gasteiger partial charge >= 0.3 is 23.9 Å². The summed E-state index contributed by atoms with van der Waals surface area (Å²) < 4.78 is 5.15. The molecule has 0 saturated carbocycles. The van der Waals surface area contributed by atoms with Crippen molar-refractivity contribution in [3.63, 3.8) is 0 Å². The molecule has 0 unspecified atom stereocenters. The maximum atomic E-state index is 12.5. The summed E-state index contributed by atoms with van der Waals surface area (Å²) in [6, 6.07) is 4.71. The molecular weight excluding hydrogens is 518 g/mol. The number of carboxylic acid groups (broad SMARTS) is 3. The number of carbonyl (C=O) groups excluding carboxylic acids is 4. The van der Waals surface area contributed by atoms with E-state index in [2.05, 4.69) is 10.6 Å². The van der Waals surface area contributed by atoms with Gasteiger partial charge in [-0.1, -0.05) is 30.3 Å². The quantitative estimate of drug-likeness (QED) is 0.107. The number of rotatable bonds is 18. The number of esters is 1. The van der Waals surface area contributed by atoms with Crippen molar-refractivity contribution < 1.29 is 53.6 Å². The lowest BCUT2D eigenvalue weighted by Crippen LogP contribution is -2.55. The Morgan fingerprint density at radius 3 is 1.97 bits per heavy atom. The van der Waals surface area contributed by atoms with Gasteiger partial charge < -0.3 is 36.0 Å². The topological polar surface area (TPSA) is 225 Å². The van der Waals surface area contributed by atoms with Crippen molar-refractivity contribution in [1.29, 1.82) is 0 Å². The summed E-state index contributed by atoms with van der Waals surface area (Å²) in [5, 5.41) is 33.5. The van der Waals surface area contributed by atoms with Gasteiger partial charge in [-0.3, -0.25) is 28.8 Å². The van der Waals surface area contributed by atoms with E-state index in [0.29, 0.717) is 12.8 Å². The van der Waals surface area contributed by atoms with Crippen LogP contribution in [0.1, 0.15) is 57.4 Å². The largest absolute Gasteiger partial charge is 0.481 e. The van der Waals surface area contributed by atoms with Crippen LogP contribution in [0.2, 0.25) is 0 Å².